The molecule has 0 radical (unpaired) electrons. The Labute approximate surface area is 150 Å². The smallest absolute Gasteiger partial charge is 0.270 e. The highest BCUT2D eigenvalue weighted by Gasteiger charge is 2.23. The third-order valence-corrected chi connectivity index (χ3v) is 6.05. The van der Waals surface area contributed by atoms with Crippen molar-refractivity contribution < 1.29 is 17.9 Å². The molecule has 8 nitrogen and oxygen atoms in total. The molecular weight excluding hydrogens is 364 g/mol. The van der Waals surface area contributed by atoms with Gasteiger partial charge in [0.15, 0.2) is 0 Å². The van der Waals surface area contributed by atoms with Crippen molar-refractivity contribution in [2.24, 2.45) is 0 Å². The molecule has 0 unspecified atom stereocenters. The molecule has 25 heavy (non-hydrogen) atoms. The van der Waals surface area contributed by atoms with Gasteiger partial charge in [0, 0.05) is 6.92 Å². The van der Waals surface area contributed by atoms with Crippen LogP contribution in [0.2, 0.25) is 0 Å². The Kier molecular flexibility index (Phi) is 6.09. The third kappa shape index (κ3) is 5.48. The Morgan fingerprint density at radius 3 is 2.64 bits per heavy atom. The summed E-state index contributed by atoms with van der Waals surface area (Å²) < 4.78 is 32.5. The second-order valence-electron chi connectivity index (χ2n) is 5.63. The summed E-state index contributed by atoms with van der Waals surface area (Å²) in [5, 5.41) is 9.75. The number of amides is 1. The van der Waals surface area contributed by atoms with Gasteiger partial charge in [-0.3, -0.25) is 4.79 Å². The van der Waals surface area contributed by atoms with Gasteiger partial charge >= 0.3 is 0 Å². The zero-order valence-electron chi connectivity index (χ0n) is 14.4. The van der Waals surface area contributed by atoms with E-state index >= 15 is 0 Å². The van der Waals surface area contributed by atoms with Crippen molar-refractivity contribution in [2.75, 3.05) is 11.9 Å². The standard InChI is InChI=1S/C15H20N4O4S2/c1-9-5-6-13(7-10(9)2)23-8-11(3)19-25(21,22)15-18-17-14(24-15)16-12(4)20/h5-7,11,19H,8H2,1-4H3,(H,16,17,20)/t11-/m0/s1. The van der Waals surface area contributed by atoms with Crippen LogP contribution in [0.3, 0.4) is 0 Å². The van der Waals surface area contributed by atoms with Gasteiger partial charge in [0.25, 0.3) is 10.0 Å². The van der Waals surface area contributed by atoms with Crippen molar-refractivity contribution in [2.45, 2.75) is 38.1 Å². The summed E-state index contributed by atoms with van der Waals surface area (Å²) in [5.41, 5.74) is 2.26. The van der Waals surface area contributed by atoms with Gasteiger partial charge in [-0.05, 0) is 44.0 Å². The van der Waals surface area contributed by atoms with Gasteiger partial charge in [-0.15, -0.1) is 10.2 Å². The van der Waals surface area contributed by atoms with Crippen LogP contribution in [0, 0.1) is 13.8 Å². The Hall–Kier alpha value is -2.04. The third-order valence-electron chi connectivity index (χ3n) is 3.25. The van der Waals surface area contributed by atoms with Crippen molar-refractivity contribution in [3.8, 4) is 5.75 Å². The highest BCUT2D eigenvalue weighted by molar-refractivity contribution is 7.91. The number of sulfonamides is 1. The molecule has 1 heterocycles. The largest absolute Gasteiger partial charge is 0.492 e. The number of nitrogens with zero attached hydrogens (tertiary/aromatic N) is 2. The van der Waals surface area contributed by atoms with Gasteiger partial charge in [0.2, 0.25) is 15.4 Å². The van der Waals surface area contributed by atoms with Crippen LogP contribution in [0.1, 0.15) is 25.0 Å². The van der Waals surface area contributed by atoms with Crippen LogP contribution in [0.5, 0.6) is 5.75 Å². The van der Waals surface area contributed by atoms with E-state index in [4.69, 9.17) is 4.74 Å². The maximum absolute atomic E-state index is 12.3. The number of rotatable bonds is 7. The Morgan fingerprint density at radius 1 is 1.28 bits per heavy atom. The number of hydrogen-bond acceptors (Lipinski definition) is 7. The quantitative estimate of drug-likeness (QED) is 0.705. The molecule has 0 aliphatic heterocycles. The van der Waals surface area contributed by atoms with E-state index in [1.165, 1.54) is 6.92 Å². The number of carbonyl (C=O) groups excluding carboxylic acids is 1. The second kappa shape index (κ2) is 7.89. The topological polar surface area (TPSA) is 110 Å². The predicted molar refractivity (Wildman–Crippen MR) is 95.4 cm³/mol. The molecule has 2 N–H and O–H groups in total. The number of aryl methyl sites for hydroxylation is 2. The molecule has 0 bridgehead atoms. The van der Waals surface area contributed by atoms with E-state index in [1.54, 1.807) is 6.92 Å². The van der Waals surface area contributed by atoms with Crippen molar-refractivity contribution in [1.82, 2.24) is 14.9 Å². The minimum atomic E-state index is -3.83. The molecule has 1 aromatic heterocycles. The minimum absolute atomic E-state index is 0.131. The lowest BCUT2D eigenvalue weighted by Crippen LogP contribution is -2.36. The monoisotopic (exact) mass is 384 g/mol. The predicted octanol–water partition coefficient (Wildman–Crippen LogP) is 1.86. The lowest BCUT2D eigenvalue weighted by atomic mass is 10.1. The molecule has 0 fully saturated rings. The normalized spacial score (nSPS) is 12.6. The van der Waals surface area contributed by atoms with E-state index in [2.05, 4.69) is 20.2 Å². The fourth-order valence-corrected chi connectivity index (χ4v) is 4.08. The van der Waals surface area contributed by atoms with Crippen molar-refractivity contribution in [3.05, 3.63) is 29.3 Å². The summed E-state index contributed by atoms with van der Waals surface area (Å²) in [7, 11) is -3.83. The average molecular weight is 384 g/mol. The molecule has 1 atom stereocenters. The molecule has 1 aromatic carbocycles. The van der Waals surface area contributed by atoms with Crippen LogP contribution < -0.4 is 14.8 Å². The Bertz CT molecular complexity index is 864. The van der Waals surface area contributed by atoms with E-state index in [9.17, 15) is 13.2 Å². The van der Waals surface area contributed by atoms with E-state index < -0.39 is 16.1 Å². The fourth-order valence-electron chi connectivity index (χ4n) is 1.89. The van der Waals surface area contributed by atoms with Crippen LogP contribution in [-0.4, -0.2) is 37.2 Å². The van der Waals surface area contributed by atoms with E-state index in [0.29, 0.717) is 5.75 Å². The lowest BCUT2D eigenvalue weighted by Gasteiger charge is -2.14. The first kappa shape index (κ1) is 19.3. The van der Waals surface area contributed by atoms with Gasteiger partial charge < -0.3 is 10.1 Å². The molecule has 0 aliphatic rings. The summed E-state index contributed by atoms with van der Waals surface area (Å²) in [4.78, 5) is 11.0. The van der Waals surface area contributed by atoms with Gasteiger partial charge in [-0.2, -0.15) is 0 Å². The van der Waals surface area contributed by atoms with Gasteiger partial charge in [0.05, 0.1) is 6.04 Å². The van der Waals surface area contributed by atoms with Crippen LogP contribution in [0.4, 0.5) is 5.13 Å². The number of hydrogen-bond donors (Lipinski definition) is 2. The summed E-state index contributed by atoms with van der Waals surface area (Å²) in [6, 6.07) is 5.22. The summed E-state index contributed by atoms with van der Waals surface area (Å²) in [5.74, 6) is 0.334. The van der Waals surface area contributed by atoms with Crippen molar-refractivity contribution in [3.63, 3.8) is 0 Å². The lowest BCUT2D eigenvalue weighted by molar-refractivity contribution is -0.114. The van der Waals surface area contributed by atoms with Crippen LogP contribution >= 0.6 is 11.3 Å². The molecule has 10 heteroatoms. The summed E-state index contributed by atoms with van der Waals surface area (Å²) in [6.45, 7) is 7.15. The minimum Gasteiger partial charge on any atom is -0.492 e. The van der Waals surface area contributed by atoms with Gasteiger partial charge in [-0.1, -0.05) is 17.4 Å². The Morgan fingerprint density at radius 2 is 2.00 bits per heavy atom. The van der Waals surface area contributed by atoms with Gasteiger partial charge in [0.1, 0.15) is 12.4 Å². The van der Waals surface area contributed by atoms with E-state index in [1.807, 2.05) is 32.0 Å². The molecule has 2 rings (SSSR count). The molecule has 1 amide bonds. The SMILES string of the molecule is CC(=O)Nc1nnc(S(=O)(=O)N[C@@H](C)COc2ccc(C)c(C)c2)s1. The maximum atomic E-state index is 12.3. The second-order valence-corrected chi connectivity index (χ2v) is 8.50. The number of aromatic nitrogens is 2. The average Bonchev–Trinajstić information content (AvgIpc) is 2.96. The number of benzene rings is 1. The number of carbonyl (C=O) groups is 1. The van der Waals surface area contributed by atoms with Crippen molar-refractivity contribution in [1.29, 1.82) is 0 Å². The zero-order chi connectivity index (χ0) is 18.6. The summed E-state index contributed by atoms with van der Waals surface area (Å²) in [6.07, 6.45) is 0. The number of anilines is 1. The molecule has 0 aliphatic carbocycles. The van der Waals surface area contributed by atoms with E-state index in [0.717, 1.165) is 22.5 Å². The van der Waals surface area contributed by atoms with Crippen LogP contribution in [0.15, 0.2) is 22.5 Å². The molecule has 136 valence electrons. The highest BCUT2D eigenvalue weighted by Crippen LogP contribution is 2.20. The molecular formula is C15H20N4O4S2. The van der Waals surface area contributed by atoms with E-state index in [-0.39, 0.29) is 22.0 Å². The summed E-state index contributed by atoms with van der Waals surface area (Å²) >= 11 is 0.783. The number of ether oxygens (including phenoxy) is 1. The van der Waals surface area contributed by atoms with Gasteiger partial charge in [-0.25, -0.2) is 13.1 Å². The Balaban J connectivity index is 1.96. The number of nitrogens with one attached hydrogen (secondary N) is 2. The van der Waals surface area contributed by atoms with Crippen LogP contribution in [0.25, 0.3) is 0 Å². The highest BCUT2D eigenvalue weighted by atomic mass is 32.2. The first-order chi connectivity index (χ1) is 11.7. The first-order valence-electron chi connectivity index (χ1n) is 7.51. The first-order valence-corrected chi connectivity index (χ1v) is 9.81. The van der Waals surface area contributed by atoms with Crippen molar-refractivity contribution >= 4 is 32.4 Å². The zero-order valence-corrected chi connectivity index (χ0v) is 16.0. The van der Waals surface area contributed by atoms with Crippen LogP contribution in [-0.2, 0) is 14.8 Å². The molecule has 0 spiro atoms. The molecule has 0 saturated heterocycles. The molecule has 2 aromatic rings. The maximum Gasteiger partial charge on any atom is 0.270 e. The fraction of sp³-hybridized carbons (Fsp3) is 0.400. The molecule has 0 saturated carbocycles.